The van der Waals surface area contributed by atoms with E-state index in [4.69, 9.17) is 4.74 Å². The van der Waals surface area contributed by atoms with Gasteiger partial charge in [-0.15, -0.1) is 11.8 Å². The molecular formula is C15H20FNOS. The lowest BCUT2D eigenvalue weighted by atomic mass is 9.91. The zero-order chi connectivity index (χ0) is 13.1. The first kappa shape index (κ1) is 13.4. The van der Waals surface area contributed by atoms with Crippen LogP contribution in [0.5, 0.6) is 0 Å². The molecule has 0 aromatic heterocycles. The number of thioether (sulfide) groups is 1. The zero-order valence-corrected chi connectivity index (χ0v) is 11.8. The fourth-order valence-electron chi connectivity index (χ4n) is 2.65. The Morgan fingerprint density at radius 1 is 1.26 bits per heavy atom. The van der Waals surface area contributed by atoms with Crippen LogP contribution in [0.1, 0.15) is 18.4 Å². The summed E-state index contributed by atoms with van der Waals surface area (Å²) in [6.45, 7) is 3.70. The van der Waals surface area contributed by atoms with Gasteiger partial charge >= 0.3 is 0 Å². The molecular weight excluding hydrogens is 261 g/mol. The summed E-state index contributed by atoms with van der Waals surface area (Å²) >= 11 is 1.60. The lowest BCUT2D eigenvalue weighted by molar-refractivity contribution is 0.0455. The second-order valence-electron chi connectivity index (χ2n) is 5.44. The van der Waals surface area contributed by atoms with Crippen molar-refractivity contribution in [2.75, 3.05) is 26.3 Å². The van der Waals surface area contributed by atoms with Crippen molar-refractivity contribution in [2.45, 2.75) is 29.4 Å². The van der Waals surface area contributed by atoms with E-state index in [2.05, 4.69) is 11.4 Å². The third-order valence-electron chi connectivity index (χ3n) is 3.88. The summed E-state index contributed by atoms with van der Waals surface area (Å²) in [6, 6.07) is 5.76. The number of benzene rings is 1. The van der Waals surface area contributed by atoms with E-state index < -0.39 is 0 Å². The van der Waals surface area contributed by atoms with E-state index in [9.17, 15) is 4.39 Å². The van der Waals surface area contributed by atoms with Crippen molar-refractivity contribution in [2.24, 2.45) is 5.92 Å². The van der Waals surface area contributed by atoms with E-state index in [1.807, 2.05) is 6.07 Å². The molecule has 0 radical (unpaired) electrons. The van der Waals surface area contributed by atoms with Gasteiger partial charge in [0.2, 0.25) is 0 Å². The minimum Gasteiger partial charge on any atom is -0.379 e. The Bertz CT molecular complexity index is 430. The Morgan fingerprint density at radius 3 is 2.68 bits per heavy atom. The summed E-state index contributed by atoms with van der Waals surface area (Å²) in [7, 11) is 0. The number of hydrogen-bond acceptors (Lipinski definition) is 3. The highest BCUT2D eigenvalue weighted by atomic mass is 32.2. The number of rotatable bonds is 4. The molecule has 0 bridgehead atoms. The monoisotopic (exact) mass is 281 g/mol. The zero-order valence-electron chi connectivity index (χ0n) is 11.0. The van der Waals surface area contributed by atoms with Crippen LogP contribution in [0.4, 0.5) is 4.39 Å². The predicted octanol–water partition coefficient (Wildman–Crippen LogP) is 2.86. The molecule has 0 spiro atoms. The van der Waals surface area contributed by atoms with Gasteiger partial charge in [0.15, 0.2) is 0 Å². The summed E-state index contributed by atoms with van der Waals surface area (Å²) in [4.78, 5) is 0.766. The normalized spacial score (nSPS) is 21.3. The molecule has 1 aromatic rings. The Kier molecular flexibility index (Phi) is 4.41. The second-order valence-corrected chi connectivity index (χ2v) is 6.78. The predicted molar refractivity (Wildman–Crippen MR) is 76.2 cm³/mol. The SMILES string of the molecule is Fc1cc(CC2CCNCC2)ccc1SC1COC1. The molecule has 19 heavy (non-hydrogen) atoms. The summed E-state index contributed by atoms with van der Waals surface area (Å²) in [5.74, 6) is 0.641. The fourth-order valence-corrected chi connectivity index (χ4v) is 3.65. The lowest BCUT2D eigenvalue weighted by Crippen LogP contribution is -2.30. The number of piperidine rings is 1. The van der Waals surface area contributed by atoms with E-state index in [1.54, 1.807) is 17.8 Å². The lowest BCUT2D eigenvalue weighted by Gasteiger charge is -2.25. The number of nitrogens with one attached hydrogen (secondary N) is 1. The van der Waals surface area contributed by atoms with Gasteiger partial charge in [0.1, 0.15) is 5.82 Å². The van der Waals surface area contributed by atoms with Crippen LogP contribution in [0, 0.1) is 11.7 Å². The highest BCUT2D eigenvalue weighted by Gasteiger charge is 2.21. The van der Waals surface area contributed by atoms with Crippen LogP contribution in [0.2, 0.25) is 0 Å². The fraction of sp³-hybridized carbons (Fsp3) is 0.600. The molecule has 2 fully saturated rings. The van der Waals surface area contributed by atoms with Crippen LogP contribution >= 0.6 is 11.8 Å². The van der Waals surface area contributed by atoms with Gasteiger partial charge in [0.25, 0.3) is 0 Å². The summed E-state index contributed by atoms with van der Waals surface area (Å²) in [6.07, 6.45) is 3.42. The Labute approximate surface area is 118 Å². The van der Waals surface area contributed by atoms with Gasteiger partial charge in [-0.2, -0.15) is 0 Å². The molecule has 0 atom stereocenters. The smallest absolute Gasteiger partial charge is 0.137 e. The van der Waals surface area contributed by atoms with Gasteiger partial charge in [0, 0.05) is 4.90 Å². The maximum absolute atomic E-state index is 14.1. The Balaban J connectivity index is 1.61. The van der Waals surface area contributed by atoms with Crippen LogP contribution < -0.4 is 5.32 Å². The minimum absolute atomic E-state index is 0.0664. The molecule has 1 aromatic carbocycles. The average Bonchev–Trinajstić information content (AvgIpc) is 2.37. The van der Waals surface area contributed by atoms with Crippen molar-refractivity contribution < 1.29 is 9.13 Å². The van der Waals surface area contributed by atoms with Crippen molar-refractivity contribution >= 4 is 11.8 Å². The molecule has 104 valence electrons. The molecule has 4 heteroatoms. The largest absolute Gasteiger partial charge is 0.379 e. The molecule has 0 saturated carbocycles. The van der Waals surface area contributed by atoms with Gasteiger partial charge < -0.3 is 10.1 Å². The number of halogens is 1. The van der Waals surface area contributed by atoms with Gasteiger partial charge in [0.05, 0.1) is 18.5 Å². The van der Waals surface area contributed by atoms with E-state index in [0.29, 0.717) is 11.2 Å². The topological polar surface area (TPSA) is 21.3 Å². The Hall–Kier alpha value is -0.580. The molecule has 2 saturated heterocycles. The third kappa shape index (κ3) is 3.50. The van der Waals surface area contributed by atoms with Crippen molar-refractivity contribution in [1.82, 2.24) is 5.32 Å². The van der Waals surface area contributed by atoms with E-state index >= 15 is 0 Å². The van der Waals surface area contributed by atoms with Crippen LogP contribution in [0.25, 0.3) is 0 Å². The molecule has 2 aliphatic rings. The minimum atomic E-state index is -0.0664. The molecule has 0 amide bonds. The Morgan fingerprint density at radius 2 is 2.05 bits per heavy atom. The first-order valence-corrected chi connectivity index (χ1v) is 7.93. The highest BCUT2D eigenvalue weighted by molar-refractivity contribution is 8.00. The van der Waals surface area contributed by atoms with Crippen LogP contribution in [0.3, 0.4) is 0 Å². The molecule has 1 N–H and O–H groups in total. The molecule has 3 rings (SSSR count). The van der Waals surface area contributed by atoms with Crippen LogP contribution in [0.15, 0.2) is 23.1 Å². The molecule has 2 nitrogen and oxygen atoms in total. The van der Waals surface area contributed by atoms with Crippen LogP contribution in [-0.2, 0) is 11.2 Å². The number of hydrogen-bond donors (Lipinski definition) is 1. The summed E-state index contributed by atoms with van der Waals surface area (Å²) in [5.41, 5.74) is 1.14. The summed E-state index contributed by atoms with van der Waals surface area (Å²) in [5, 5.41) is 3.80. The number of ether oxygens (including phenoxy) is 1. The van der Waals surface area contributed by atoms with Crippen molar-refractivity contribution in [1.29, 1.82) is 0 Å². The van der Waals surface area contributed by atoms with Crippen molar-refractivity contribution in [3.05, 3.63) is 29.6 Å². The standard InChI is InChI=1S/C15H20FNOS/c16-14-8-12(7-11-3-5-17-6-4-11)1-2-15(14)19-13-9-18-10-13/h1-2,8,11,13,17H,3-7,9-10H2. The first-order chi connectivity index (χ1) is 9.31. The van der Waals surface area contributed by atoms with Crippen molar-refractivity contribution in [3.63, 3.8) is 0 Å². The van der Waals surface area contributed by atoms with Gasteiger partial charge in [-0.1, -0.05) is 6.07 Å². The van der Waals surface area contributed by atoms with Crippen molar-refractivity contribution in [3.8, 4) is 0 Å². The maximum atomic E-state index is 14.1. The average molecular weight is 281 g/mol. The van der Waals surface area contributed by atoms with E-state index in [-0.39, 0.29) is 5.82 Å². The molecule has 0 aliphatic carbocycles. The third-order valence-corrected chi connectivity index (χ3v) is 5.07. The van der Waals surface area contributed by atoms with Crippen LogP contribution in [-0.4, -0.2) is 31.6 Å². The molecule has 2 aliphatic heterocycles. The van der Waals surface area contributed by atoms with Gasteiger partial charge in [-0.3, -0.25) is 0 Å². The summed E-state index contributed by atoms with van der Waals surface area (Å²) < 4.78 is 19.2. The first-order valence-electron chi connectivity index (χ1n) is 7.05. The van der Waals surface area contributed by atoms with E-state index in [0.717, 1.165) is 43.2 Å². The quantitative estimate of drug-likeness (QED) is 0.917. The maximum Gasteiger partial charge on any atom is 0.137 e. The highest BCUT2D eigenvalue weighted by Crippen LogP contribution is 2.31. The second kappa shape index (κ2) is 6.25. The van der Waals surface area contributed by atoms with Gasteiger partial charge in [-0.25, -0.2) is 4.39 Å². The molecule has 0 unspecified atom stereocenters. The van der Waals surface area contributed by atoms with E-state index in [1.165, 1.54) is 12.8 Å². The van der Waals surface area contributed by atoms with Gasteiger partial charge in [-0.05, 0) is 56.0 Å². The molecule has 2 heterocycles.